The molecule has 0 saturated heterocycles. The van der Waals surface area contributed by atoms with Crippen LogP contribution in [0.15, 0.2) is 133 Å². The summed E-state index contributed by atoms with van der Waals surface area (Å²) in [6.07, 6.45) is 0. The van der Waals surface area contributed by atoms with Crippen LogP contribution >= 0.6 is 0 Å². The largest absolute Gasteiger partial charge is 0.0616 e. The summed E-state index contributed by atoms with van der Waals surface area (Å²) in [6, 6.07) is 50.3. The van der Waals surface area contributed by atoms with Crippen molar-refractivity contribution < 1.29 is 0 Å². The van der Waals surface area contributed by atoms with E-state index in [1.54, 1.807) is 0 Å². The fraction of sp³-hybridized carbons (Fsp3) is 0. The predicted octanol–water partition coefficient (Wildman–Crippen LogP) is 12.1. The average Bonchev–Trinajstić information content (AvgIpc) is 3.05. The SMILES string of the molecule is c1ccc2c(c1)cc1c3cccc4c5cccc6c7cc8ccccc8c8cccc(c87)c(c65)c(c5cccc2c15)c34. The van der Waals surface area contributed by atoms with Crippen LogP contribution < -0.4 is 0 Å². The minimum absolute atomic E-state index is 1.30. The van der Waals surface area contributed by atoms with Crippen LogP contribution in [0.25, 0.3) is 108 Å². The summed E-state index contributed by atoms with van der Waals surface area (Å²) in [5.41, 5.74) is 0. The maximum absolute atomic E-state index is 2.42. The second kappa shape index (κ2) is 7.24. The third-order valence-electron chi connectivity index (χ3n) is 10.1. The van der Waals surface area contributed by atoms with Crippen molar-refractivity contribution in [3.8, 4) is 0 Å². The first-order chi connectivity index (χ1) is 20.9. The molecule has 11 aromatic rings. The van der Waals surface area contributed by atoms with Crippen molar-refractivity contribution in [2.24, 2.45) is 0 Å². The van der Waals surface area contributed by atoms with E-state index in [1.807, 2.05) is 0 Å². The Labute approximate surface area is 240 Å². The molecule has 0 aliphatic rings. The van der Waals surface area contributed by atoms with Crippen LogP contribution in [0, 0.1) is 0 Å². The first-order valence-corrected chi connectivity index (χ1v) is 14.8. The van der Waals surface area contributed by atoms with Crippen molar-refractivity contribution in [2.45, 2.75) is 0 Å². The van der Waals surface area contributed by atoms with Gasteiger partial charge in [0.25, 0.3) is 0 Å². The molecule has 0 amide bonds. The van der Waals surface area contributed by atoms with E-state index >= 15 is 0 Å². The zero-order valence-corrected chi connectivity index (χ0v) is 22.7. The first kappa shape index (κ1) is 21.3. The molecule has 190 valence electrons. The summed E-state index contributed by atoms with van der Waals surface area (Å²) in [4.78, 5) is 0. The molecule has 0 saturated carbocycles. The zero-order valence-electron chi connectivity index (χ0n) is 22.7. The summed E-state index contributed by atoms with van der Waals surface area (Å²) in [5.74, 6) is 0. The fourth-order valence-electron chi connectivity index (χ4n) is 8.50. The Morgan fingerprint density at radius 2 is 0.500 bits per heavy atom. The normalized spacial score (nSPS) is 12.8. The van der Waals surface area contributed by atoms with E-state index in [4.69, 9.17) is 0 Å². The summed E-state index contributed by atoms with van der Waals surface area (Å²) in [5, 5.41) is 27.0. The van der Waals surface area contributed by atoms with Crippen LogP contribution in [0.4, 0.5) is 0 Å². The van der Waals surface area contributed by atoms with Gasteiger partial charge in [-0.25, -0.2) is 0 Å². The molecular weight excluding hydrogens is 504 g/mol. The van der Waals surface area contributed by atoms with Crippen molar-refractivity contribution >= 4 is 108 Å². The Morgan fingerprint density at radius 3 is 0.929 bits per heavy atom. The lowest BCUT2D eigenvalue weighted by Crippen LogP contribution is -1.93. The number of hydrogen-bond donors (Lipinski definition) is 0. The molecule has 0 bridgehead atoms. The van der Waals surface area contributed by atoms with Crippen LogP contribution in [0.3, 0.4) is 0 Å². The van der Waals surface area contributed by atoms with Gasteiger partial charge < -0.3 is 0 Å². The molecule has 0 N–H and O–H groups in total. The van der Waals surface area contributed by atoms with Crippen molar-refractivity contribution in [3.63, 3.8) is 0 Å². The molecule has 0 aliphatic heterocycles. The highest BCUT2D eigenvalue weighted by atomic mass is 14.2. The molecule has 0 heteroatoms. The van der Waals surface area contributed by atoms with Crippen LogP contribution in [-0.2, 0) is 0 Å². The van der Waals surface area contributed by atoms with Crippen LogP contribution in [0.5, 0.6) is 0 Å². The molecule has 0 fully saturated rings. The van der Waals surface area contributed by atoms with Gasteiger partial charge in [-0.3, -0.25) is 0 Å². The van der Waals surface area contributed by atoms with Gasteiger partial charge in [-0.2, -0.15) is 0 Å². The molecule has 0 atom stereocenters. The Morgan fingerprint density at radius 1 is 0.190 bits per heavy atom. The topological polar surface area (TPSA) is 0 Å². The number of benzene rings is 11. The monoisotopic (exact) mass is 526 g/mol. The van der Waals surface area contributed by atoms with E-state index in [0.717, 1.165) is 0 Å². The third-order valence-corrected chi connectivity index (χ3v) is 10.1. The molecule has 0 unspecified atom stereocenters. The molecule has 11 rings (SSSR count). The van der Waals surface area contributed by atoms with Gasteiger partial charge in [0.15, 0.2) is 0 Å². The van der Waals surface area contributed by atoms with Crippen molar-refractivity contribution in [1.29, 1.82) is 0 Å². The lowest BCUT2D eigenvalue weighted by atomic mass is 9.80. The van der Waals surface area contributed by atoms with Gasteiger partial charge in [0, 0.05) is 0 Å². The van der Waals surface area contributed by atoms with E-state index in [1.165, 1.54) is 108 Å². The maximum atomic E-state index is 2.42. The van der Waals surface area contributed by atoms with Crippen LogP contribution in [0.1, 0.15) is 0 Å². The Kier molecular flexibility index (Phi) is 3.67. The molecule has 0 nitrogen and oxygen atoms in total. The van der Waals surface area contributed by atoms with Crippen LogP contribution in [0.2, 0.25) is 0 Å². The van der Waals surface area contributed by atoms with Crippen molar-refractivity contribution in [3.05, 3.63) is 133 Å². The number of rotatable bonds is 0. The molecular formula is C42H22. The summed E-state index contributed by atoms with van der Waals surface area (Å²) in [7, 11) is 0. The molecule has 11 aromatic carbocycles. The van der Waals surface area contributed by atoms with E-state index in [2.05, 4.69) is 133 Å². The van der Waals surface area contributed by atoms with Gasteiger partial charge in [0.1, 0.15) is 0 Å². The summed E-state index contributed by atoms with van der Waals surface area (Å²) >= 11 is 0. The minimum Gasteiger partial charge on any atom is -0.0616 e. The smallest absolute Gasteiger partial charge is 0.000719 e. The minimum atomic E-state index is 1.30. The quantitative estimate of drug-likeness (QED) is 0.136. The van der Waals surface area contributed by atoms with Crippen LogP contribution in [-0.4, -0.2) is 0 Å². The number of fused-ring (bicyclic) bond motifs is 10. The molecule has 0 heterocycles. The first-order valence-electron chi connectivity index (χ1n) is 14.8. The average molecular weight is 527 g/mol. The lowest BCUT2D eigenvalue weighted by molar-refractivity contribution is 1.79. The molecule has 42 heavy (non-hydrogen) atoms. The van der Waals surface area contributed by atoms with Crippen molar-refractivity contribution in [1.82, 2.24) is 0 Å². The summed E-state index contributed by atoms with van der Waals surface area (Å²) in [6.45, 7) is 0. The second-order valence-electron chi connectivity index (χ2n) is 12.0. The fourth-order valence-corrected chi connectivity index (χ4v) is 8.50. The highest BCUT2D eigenvalue weighted by Gasteiger charge is 2.22. The van der Waals surface area contributed by atoms with Gasteiger partial charge in [-0.1, -0.05) is 121 Å². The molecule has 0 radical (unpaired) electrons. The predicted molar refractivity (Wildman–Crippen MR) is 184 cm³/mol. The highest BCUT2D eigenvalue weighted by molar-refractivity contribution is 6.49. The van der Waals surface area contributed by atoms with E-state index in [9.17, 15) is 0 Å². The van der Waals surface area contributed by atoms with Gasteiger partial charge in [-0.05, 0) is 120 Å². The summed E-state index contributed by atoms with van der Waals surface area (Å²) < 4.78 is 0. The van der Waals surface area contributed by atoms with Crippen molar-refractivity contribution in [2.75, 3.05) is 0 Å². The number of hydrogen-bond acceptors (Lipinski definition) is 0. The second-order valence-corrected chi connectivity index (χ2v) is 12.0. The van der Waals surface area contributed by atoms with Gasteiger partial charge >= 0.3 is 0 Å². The molecule has 0 aromatic heterocycles. The Hall–Kier alpha value is -5.46. The lowest BCUT2D eigenvalue weighted by Gasteiger charge is -2.22. The maximum Gasteiger partial charge on any atom is -0.000719 e. The van der Waals surface area contributed by atoms with Gasteiger partial charge in [0.05, 0.1) is 0 Å². The molecule has 0 aliphatic carbocycles. The highest BCUT2D eigenvalue weighted by Crippen LogP contribution is 2.51. The standard InChI is InChI=1S/C42H22/c1-3-11-25-23(9-1)21-35-31-17-5-15-29-30-16-6-18-32-36-22-24-10-2-4-12-26(24)28-14-8-20-34(38(28)36)42(40(30)32)41(39(29)31)33-19-7-13-27(25)37(33)35/h1-22H. The Balaban J connectivity index is 1.56. The van der Waals surface area contributed by atoms with E-state index in [0.29, 0.717) is 0 Å². The van der Waals surface area contributed by atoms with Gasteiger partial charge in [-0.15, -0.1) is 0 Å². The zero-order chi connectivity index (χ0) is 27.1. The van der Waals surface area contributed by atoms with Gasteiger partial charge in [0.2, 0.25) is 0 Å². The van der Waals surface area contributed by atoms with E-state index in [-0.39, 0.29) is 0 Å². The third kappa shape index (κ3) is 2.35. The Bertz CT molecular complexity index is 2740. The van der Waals surface area contributed by atoms with E-state index < -0.39 is 0 Å². The molecule has 0 spiro atoms.